The van der Waals surface area contributed by atoms with Crippen LogP contribution in [0.25, 0.3) is 17.1 Å². The van der Waals surface area contributed by atoms with Gasteiger partial charge in [-0.05, 0) is 70.4 Å². The van der Waals surface area contributed by atoms with E-state index in [9.17, 15) is 9.59 Å². The fraction of sp³-hybridized carbons (Fsp3) is 0.0417. The van der Waals surface area contributed by atoms with Crippen molar-refractivity contribution in [2.45, 2.75) is 6.92 Å². The van der Waals surface area contributed by atoms with E-state index in [1.54, 1.807) is 30.3 Å². The molecule has 30 heavy (non-hydrogen) atoms. The summed E-state index contributed by atoms with van der Waals surface area (Å²) < 4.78 is 0.817. The first-order chi connectivity index (χ1) is 14.5. The number of hydrogen-bond donors (Lipinski definition) is 2. The zero-order chi connectivity index (χ0) is 21.1. The zero-order valence-electron chi connectivity index (χ0n) is 16.1. The normalized spacial score (nSPS) is 11.1. The Labute approximate surface area is 182 Å². The Kier molecular flexibility index (Phi) is 5.59. The molecule has 1 amide bonds. The van der Waals surface area contributed by atoms with Gasteiger partial charge in [0.1, 0.15) is 0 Å². The van der Waals surface area contributed by atoms with Crippen molar-refractivity contribution >= 4 is 50.4 Å². The third kappa shape index (κ3) is 4.23. The molecule has 0 fully saturated rings. The fourth-order valence-corrected chi connectivity index (χ4v) is 3.43. The number of aryl methyl sites for hydroxylation is 1. The molecule has 0 aliphatic rings. The van der Waals surface area contributed by atoms with Crippen molar-refractivity contribution < 1.29 is 9.59 Å². The highest BCUT2D eigenvalue weighted by molar-refractivity contribution is 9.10. The Morgan fingerprint density at radius 1 is 1.00 bits per heavy atom. The summed E-state index contributed by atoms with van der Waals surface area (Å²) in [5, 5.41) is 2.86. The number of imidazole rings is 1. The molecular formula is C24H18BrN3O2. The van der Waals surface area contributed by atoms with Gasteiger partial charge in [-0.2, -0.15) is 0 Å². The molecule has 2 N–H and O–H groups in total. The average Bonchev–Trinajstić information content (AvgIpc) is 3.20. The molecule has 1 aromatic heterocycles. The Morgan fingerprint density at radius 3 is 2.50 bits per heavy atom. The number of para-hydroxylation sites is 2. The van der Waals surface area contributed by atoms with Crippen LogP contribution >= 0.6 is 15.9 Å². The maximum atomic E-state index is 12.5. The lowest BCUT2D eigenvalue weighted by molar-refractivity contribution is 0.102. The third-order valence-corrected chi connectivity index (χ3v) is 5.37. The Morgan fingerprint density at radius 2 is 1.77 bits per heavy atom. The van der Waals surface area contributed by atoms with Gasteiger partial charge >= 0.3 is 0 Å². The first kappa shape index (κ1) is 19.8. The number of anilines is 1. The number of nitrogens with zero attached hydrogens (tertiary/aromatic N) is 1. The number of nitrogens with one attached hydrogen (secondary N) is 2. The summed E-state index contributed by atoms with van der Waals surface area (Å²) in [6, 6.07) is 20.2. The molecule has 4 aromatic rings. The number of carbonyl (C=O) groups excluding carboxylic acids is 2. The largest absolute Gasteiger partial charge is 0.335 e. The zero-order valence-corrected chi connectivity index (χ0v) is 17.7. The van der Waals surface area contributed by atoms with Gasteiger partial charge in [0, 0.05) is 10.0 Å². The van der Waals surface area contributed by atoms with Crippen LogP contribution in [0.1, 0.15) is 32.1 Å². The minimum absolute atomic E-state index is 0.203. The Bertz CT molecular complexity index is 1270. The van der Waals surface area contributed by atoms with E-state index < -0.39 is 0 Å². The summed E-state index contributed by atoms with van der Waals surface area (Å²) in [5.74, 6) is -0.104. The van der Waals surface area contributed by atoms with Crippen molar-refractivity contribution in [1.29, 1.82) is 0 Å². The van der Waals surface area contributed by atoms with Gasteiger partial charge < -0.3 is 10.3 Å². The molecule has 0 bridgehead atoms. The first-order valence-corrected chi connectivity index (χ1v) is 10.1. The predicted octanol–water partition coefficient (Wildman–Crippen LogP) is 5.78. The van der Waals surface area contributed by atoms with E-state index in [2.05, 4.69) is 31.2 Å². The van der Waals surface area contributed by atoms with E-state index in [0.717, 1.165) is 26.6 Å². The summed E-state index contributed by atoms with van der Waals surface area (Å²) in [4.78, 5) is 32.3. The first-order valence-electron chi connectivity index (χ1n) is 9.35. The van der Waals surface area contributed by atoms with Gasteiger partial charge in [-0.1, -0.05) is 42.5 Å². The smallest absolute Gasteiger partial charge is 0.255 e. The molecule has 0 radical (unpaired) electrons. The van der Waals surface area contributed by atoms with E-state index in [1.807, 2.05) is 49.4 Å². The number of rotatable bonds is 5. The SMILES string of the molecule is Cc1cccc2nc(C(=O)C=Cc3ccc(C(=O)Nc4ccccc4Br)cc3)[nH]c12. The maximum absolute atomic E-state index is 12.5. The van der Waals surface area contributed by atoms with Crippen LogP contribution in [0.4, 0.5) is 5.69 Å². The highest BCUT2D eigenvalue weighted by atomic mass is 79.9. The highest BCUT2D eigenvalue weighted by Crippen LogP contribution is 2.22. The van der Waals surface area contributed by atoms with Gasteiger partial charge in [0.25, 0.3) is 5.91 Å². The summed E-state index contributed by atoms with van der Waals surface area (Å²) in [5.41, 5.74) is 4.73. The Balaban J connectivity index is 1.45. The molecule has 6 heteroatoms. The van der Waals surface area contributed by atoms with Gasteiger partial charge in [0.15, 0.2) is 5.82 Å². The van der Waals surface area contributed by atoms with Gasteiger partial charge in [0.2, 0.25) is 5.78 Å². The van der Waals surface area contributed by atoms with E-state index in [-0.39, 0.29) is 11.7 Å². The molecule has 0 atom stereocenters. The monoisotopic (exact) mass is 459 g/mol. The minimum Gasteiger partial charge on any atom is -0.335 e. The lowest BCUT2D eigenvalue weighted by atomic mass is 10.1. The standard InChI is InChI=1S/C24H18BrN3O2/c1-15-5-4-8-20-22(15)28-23(26-20)21(29)14-11-16-9-12-17(13-10-16)24(30)27-19-7-3-2-6-18(19)25/h2-14H,1H3,(H,26,28)(H,27,30). The maximum Gasteiger partial charge on any atom is 0.255 e. The van der Waals surface area contributed by atoms with Crippen LogP contribution in [0.2, 0.25) is 0 Å². The van der Waals surface area contributed by atoms with Gasteiger partial charge in [-0.15, -0.1) is 0 Å². The predicted molar refractivity (Wildman–Crippen MR) is 123 cm³/mol. The summed E-state index contributed by atoms with van der Waals surface area (Å²) >= 11 is 3.41. The van der Waals surface area contributed by atoms with Gasteiger partial charge in [-0.25, -0.2) is 4.98 Å². The second-order valence-electron chi connectivity index (χ2n) is 6.81. The number of allylic oxidation sites excluding steroid dienone is 1. The van der Waals surface area contributed by atoms with Crippen molar-refractivity contribution in [3.63, 3.8) is 0 Å². The van der Waals surface area contributed by atoms with E-state index >= 15 is 0 Å². The highest BCUT2D eigenvalue weighted by Gasteiger charge is 2.10. The molecule has 4 rings (SSSR count). The topological polar surface area (TPSA) is 74.8 Å². The Hall–Kier alpha value is -3.51. The molecule has 0 aliphatic carbocycles. The van der Waals surface area contributed by atoms with Crippen LogP contribution in [0, 0.1) is 6.92 Å². The van der Waals surface area contributed by atoms with E-state index in [0.29, 0.717) is 17.1 Å². The van der Waals surface area contributed by atoms with Crippen molar-refractivity contribution in [2.75, 3.05) is 5.32 Å². The molecule has 0 spiro atoms. The van der Waals surface area contributed by atoms with Crippen LogP contribution in [-0.2, 0) is 0 Å². The third-order valence-electron chi connectivity index (χ3n) is 4.68. The molecule has 1 heterocycles. The average molecular weight is 460 g/mol. The minimum atomic E-state index is -0.207. The number of carbonyl (C=O) groups is 2. The number of hydrogen-bond acceptors (Lipinski definition) is 3. The van der Waals surface area contributed by atoms with Gasteiger partial charge in [0.05, 0.1) is 16.7 Å². The molecule has 5 nitrogen and oxygen atoms in total. The molecule has 0 unspecified atom stereocenters. The van der Waals surface area contributed by atoms with Crippen molar-refractivity contribution in [2.24, 2.45) is 0 Å². The second kappa shape index (κ2) is 8.47. The molecule has 148 valence electrons. The van der Waals surface area contributed by atoms with Crippen LogP contribution in [0.3, 0.4) is 0 Å². The summed E-state index contributed by atoms with van der Waals surface area (Å²) in [6.07, 6.45) is 3.18. The number of benzene rings is 3. The quantitative estimate of drug-likeness (QED) is 0.293. The molecule has 0 saturated carbocycles. The lowest BCUT2D eigenvalue weighted by Crippen LogP contribution is -2.12. The second-order valence-corrected chi connectivity index (χ2v) is 7.66. The number of amides is 1. The molecule has 3 aromatic carbocycles. The van der Waals surface area contributed by atoms with Crippen LogP contribution in [-0.4, -0.2) is 21.7 Å². The van der Waals surface area contributed by atoms with Crippen LogP contribution in [0.15, 0.2) is 77.3 Å². The van der Waals surface area contributed by atoms with Crippen LogP contribution in [0.5, 0.6) is 0 Å². The number of fused-ring (bicyclic) bond motifs is 1. The molecule has 0 aliphatic heterocycles. The van der Waals surface area contributed by atoms with Gasteiger partial charge in [-0.3, -0.25) is 9.59 Å². The fourth-order valence-electron chi connectivity index (χ4n) is 3.05. The number of ketones is 1. The molecule has 0 saturated heterocycles. The van der Waals surface area contributed by atoms with Crippen molar-refractivity contribution in [3.8, 4) is 0 Å². The number of aromatic amines is 1. The number of aromatic nitrogens is 2. The molecular weight excluding hydrogens is 442 g/mol. The van der Waals surface area contributed by atoms with Crippen molar-refractivity contribution in [3.05, 3.63) is 99.8 Å². The van der Waals surface area contributed by atoms with E-state index in [1.165, 1.54) is 6.08 Å². The van der Waals surface area contributed by atoms with E-state index in [4.69, 9.17) is 0 Å². The van der Waals surface area contributed by atoms with Crippen molar-refractivity contribution in [1.82, 2.24) is 9.97 Å². The number of halogens is 1. The lowest BCUT2D eigenvalue weighted by Gasteiger charge is -2.07. The number of H-pyrrole nitrogens is 1. The summed E-state index contributed by atoms with van der Waals surface area (Å²) in [7, 11) is 0. The summed E-state index contributed by atoms with van der Waals surface area (Å²) in [6.45, 7) is 1.97. The van der Waals surface area contributed by atoms with Crippen LogP contribution < -0.4 is 5.32 Å².